The van der Waals surface area contributed by atoms with Crippen LogP contribution in [0.1, 0.15) is 28.8 Å². The van der Waals surface area contributed by atoms with Gasteiger partial charge in [0.15, 0.2) is 0 Å². The van der Waals surface area contributed by atoms with Crippen LogP contribution >= 0.6 is 0 Å². The lowest BCUT2D eigenvalue weighted by Gasteiger charge is -2.15. The Morgan fingerprint density at radius 1 is 1.03 bits per heavy atom. The van der Waals surface area contributed by atoms with Crippen LogP contribution in [0.15, 0.2) is 60.9 Å². The molecule has 6 nitrogen and oxygen atoms in total. The maximum absolute atomic E-state index is 13.1. The summed E-state index contributed by atoms with van der Waals surface area (Å²) in [5.74, 6) is -0.586. The average Bonchev–Trinajstić information content (AvgIpc) is 3.43. The highest BCUT2D eigenvalue weighted by atomic mass is 19.4. The number of carbonyl (C=O) groups excluding carboxylic acids is 2. The van der Waals surface area contributed by atoms with Crippen molar-refractivity contribution in [2.45, 2.75) is 19.0 Å². The highest BCUT2D eigenvalue weighted by Crippen LogP contribution is 2.33. The summed E-state index contributed by atoms with van der Waals surface area (Å²) in [5, 5.41) is 9.31. The number of amides is 2. The number of carbonyl (C=O) groups is 2. The Kier molecular flexibility index (Phi) is 5.03. The molecular formula is C21H17F3N4O2. The summed E-state index contributed by atoms with van der Waals surface area (Å²) in [5.41, 5.74) is 0.189. The number of anilines is 2. The molecular weight excluding hydrogens is 397 g/mol. The molecule has 1 heterocycles. The van der Waals surface area contributed by atoms with Crippen molar-refractivity contribution in [1.29, 1.82) is 0 Å². The van der Waals surface area contributed by atoms with Gasteiger partial charge in [-0.05, 0) is 61.4 Å². The molecule has 0 atom stereocenters. The number of nitrogens with zero attached hydrogens (tertiary/aromatic N) is 2. The molecule has 3 aromatic rings. The Balaban J connectivity index is 1.56. The fourth-order valence-electron chi connectivity index (χ4n) is 2.91. The first-order chi connectivity index (χ1) is 14.3. The topological polar surface area (TPSA) is 76.0 Å². The molecule has 1 aliphatic carbocycles. The van der Waals surface area contributed by atoms with E-state index in [1.165, 1.54) is 29.1 Å². The largest absolute Gasteiger partial charge is 0.416 e. The zero-order valence-corrected chi connectivity index (χ0v) is 15.6. The first-order valence-corrected chi connectivity index (χ1v) is 9.25. The van der Waals surface area contributed by atoms with Crippen molar-refractivity contribution in [3.63, 3.8) is 0 Å². The van der Waals surface area contributed by atoms with E-state index in [9.17, 15) is 22.8 Å². The fourth-order valence-corrected chi connectivity index (χ4v) is 2.91. The maximum atomic E-state index is 13.1. The highest BCUT2D eigenvalue weighted by molar-refractivity contribution is 6.05. The van der Waals surface area contributed by atoms with Gasteiger partial charge in [-0.15, -0.1) is 0 Å². The zero-order chi connectivity index (χ0) is 21.3. The van der Waals surface area contributed by atoms with Gasteiger partial charge in [-0.3, -0.25) is 9.59 Å². The lowest BCUT2D eigenvalue weighted by atomic mass is 10.1. The van der Waals surface area contributed by atoms with Crippen LogP contribution in [0.2, 0.25) is 0 Å². The van der Waals surface area contributed by atoms with Crippen molar-refractivity contribution >= 4 is 23.2 Å². The van der Waals surface area contributed by atoms with Crippen LogP contribution in [-0.4, -0.2) is 21.6 Å². The van der Waals surface area contributed by atoms with E-state index in [4.69, 9.17) is 0 Å². The Bertz CT molecular complexity index is 1070. The van der Waals surface area contributed by atoms with Gasteiger partial charge in [0.2, 0.25) is 5.91 Å². The van der Waals surface area contributed by atoms with Crippen LogP contribution in [-0.2, 0) is 11.0 Å². The molecule has 154 valence electrons. The predicted molar refractivity (Wildman–Crippen MR) is 104 cm³/mol. The van der Waals surface area contributed by atoms with Gasteiger partial charge < -0.3 is 10.6 Å². The molecule has 4 rings (SSSR count). The quantitative estimate of drug-likeness (QED) is 0.646. The van der Waals surface area contributed by atoms with E-state index in [0.29, 0.717) is 11.4 Å². The third-order valence-corrected chi connectivity index (χ3v) is 4.69. The van der Waals surface area contributed by atoms with Crippen LogP contribution in [0.5, 0.6) is 0 Å². The molecule has 1 aliphatic rings. The molecule has 2 amide bonds. The summed E-state index contributed by atoms with van der Waals surface area (Å²) < 4.78 is 40.8. The average molecular weight is 414 g/mol. The van der Waals surface area contributed by atoms with Crippen molar-refractivity contribution in [1.82, 2.24) is 9.78 Å². The van der Waals surface area contributed by atoms with Gasteiger partial charge in [-0.1, -0.05) is 0 Å². The highest BCUT2D eigenvalue weighted by Gasteiger charge is 2.31. The van der Waals surface area contributed by atoms with Gasteiger partial charge in [-0.25, -0.2) is 4.68 Å². The van der Waals surface area contributed by atoms with Crippen LogP contribution in [0.25, 0.3) is 5.69 Å². The van der Waals surface area contributed by atoms with Gasteiger partial charge in [0.1, 0.15) is 0 Å². The van der Waals surface area contributed by atoms with Gasteiger partial charge in [-0.2, -0.15) is 18.3 Å². The molecule has 1 aromatic heterocycles. The molecule has 0 spiro atoms. The van der Waals surface area contributed by atoms with E-state index in [0.717, 1.165) is 25.0 Å². The van der Waals surface area contributed by atoms with Crippen LogP contribution in [0.4, 0.5) is 24.5 Å². The second-order valence-electron chi connectivity index (χ2n) is 6.98. The molecule has 0 radical (unpaired) electrons. The Morgan fingerprint density at radius 3 is 2.37 bits per heavy atom. The number of aromatic nitrogens is 2. The van der Waals surface area contributed by atoms with Crippen molar-refractivity contribution < 1.29 is 22.8 Å². The van der Waals surface area contributed by atoms with Crippen molar-refractivity contribution in [3.05, 3.63) is 72.1 Å². The molecule has 2 N–H and O–H groups in total. The van der Waals surface area contributed by atoms with E-state index >= 15 is 0 Å². The molecule has 0 aliphatic heterocycles. The van der Waals surface area contributed by atoms with Gasteiger partial charge in [0.25, 0.3) is 5.91 Å². The minimum absolute atomic E-state index is 0.0235. The smallest absolute Gasteiger partial charge is 0.326 e. The number of benzene rings is 2. The third kappa shape index (κ3) is 4.35. The number of alkyl halides is 3. The van der Waals surface area contributed by atoms with Crippen molar-refractivity contribution in [2.24, 2.45) is 5.92 Å². The second-order valence-corrected chi connectivity index (χ2v) is 6.98. The van der Waals surface area contributed by atoms with Gasteiger partial charge in [0, 0.05) is 29.6 Å². The minimum atomic E-state index is -4.55. The van der Waals surface area contributed by atoms with Crippen LogP contribution in [0.3, 0.4) is 0 Å². The third-order valence-electron chi connectivity index (χ3n) is 4.69. The van der Waals surface area contributed by atoms with Gasteiger partial charge in [0.05, 0.1) is 16.9 Å². The van der Waals surface area contributed by atoms with Crippen LogP contribution < -0.4 is 10.6 Å². The summed E-state index contributed by atoms with van der Waals surface area (Å²) in [6.45, 7) is 0. The predicted octanol–water partition coefficient (Wildman–Crippen LogP) is 4.49. The summed E-state index contributed by atoms with van der Waals surface area (Å²) in [4.78, 5) is 24.4. The SMILES string of the molecule is O=C(Nc1cc(C(F)(F)F)ccc1-n1cccn1)c1ccc(NC(=O)C2CC2)cc1. The fraction of sp³-hybridized carbons (Fsp3) is 0.190. The minimum Gasteiger partial charge on any atom is -0.326 e. The number of nitrogens with one attached hydrogen (secondary N) is 2. The first-order valence-electron chi connectivity index (χ1n) is 9.25. The van der Waals surface area contributed by atoms with Gasteiger partial charge >= 0.3 is 6.18 Å². The second kappa shape index (κ2) is 7.66. The molecule has 0 saturated heterocycles. The first kappa shape index (κ1) is 19.7. The molecule has 1 fully saturated rings. The zero-order valence-electron chi connectivity index (χ0n) is 15.6. The van der Waals surface area contributed by atoms with E-state index in [2.05, 4.69) is 15.7 Å². The lowest BCUT2D eigenvalue weighted by Crippen LogP contribution is -2.16. The van der Waals surface area contributed by atoms with E-state index in [-0.39, 0.29) is 23.1 Å². The Labute approximate surface area is 169 Å². The normalized spacial score (nSPS) is 13.7. The summed E-state index contributed by atoms with van der Waals surface area (Å²) in [6, 6.07) is 10.8. The van der Waals surface area contributed by atoms with E-state index in [1.54, 1.807) is 24.4 Å². The molecule has 0 bridgehead atoms. The number of rotatable bonds is 5. The standard InChI is InChI=1S/C21H17F3N4O2/c22-21(23,24)15-6-9-18(28-11-1-10-25-28)17(12-15)27-20(30)14-4-7-16(8-5-14)26-19(29)13-2-3-13/h1,4-13H,2-3H2,(H,26,29)(H,27,30). The van der Waals surface area contributed by atoms with E-state index < -0.39 is 17.6 Å². The number of halogens is 3. The summed E-state index contributed by atoms with van der Waals surface area (Å²) in [6.07, 6.45) is 0.251. The number of hydrogen-bond donors (Lipinski definition) is 2. The number of hydrogen-bond acceptors (Lipinski definition) is 3. The maximum Gasteiger partial charge on any atom is 0.416 e. The summed E-state index contributed by atoms with van der Waals surface area (Å²) in [7, 11) is 0. The Morgan fingerprint density at radius 2 is 1.77 bits per heavy atom. The van der Waals surface area contributed by atoms with E-state index in [1.807, 2.05) is 0 Å². The van der Waals surface area contributed by atoms with Crippen LogP contribution in [0, 0.1) is 5.92 Å². The monoisotopic (exact) mass is 414 g/mol. The Hall–Kier alpha value is -3.62. The molecule has 2 aromatic carbocycles. The molecule has 0 unspecified atom stereocenters. The molecule has 30 heavy (non-hydrogen) atoms. The van der Waals surface area contributed by atoms with Crippen molar-refractivity contribution in [3.8, 4) is 5.69 Å². The summed E-state index contributed by atoms with van der Waals surface area (Å²) >= 11 is 0. The van der Waals surface area contributed by atoms with Crippen molar-refractivity contribution in [2.75, 3.05) is 10.6 Å². The molecule has 1 saturated carbocycles. The lowest BCUT2D eigenvalue weighted by molar-refractivity contribution is -0.137. The molecule has 9 heteroatoms.